The van der Waals surface area contributed by atoms with Crippen molar-refractivity contribution < 1.29 is 9.84 Å². The van der Waals surface area contributed by atoms with Gasteiger partial charge in [0.05, 0.1) is 0 Å². The molecular weight excluding hydrogens is 266 g/mol. The summed E-state index contributed by atoms with van der Waals surface area (Å²) >= 11 is 0. The molecule has 0 aliphatic heterocycles. The molecule has 0 unspecified atom stereocenters. The molecule has 0 fully saturated rings. The van der Waals surface area contributed by atoms with Gasteiger partial charge >= 0.3 is 0 Å². The zero-order valence-corrected chi connectivity index (χ0v) is 12.5. The number of aliphatic hydroxyl groups excluding tert-OH is 1. The highest BCUT2D eigenvalue weighted by Gasteiger charge is 2.08. The van der Waals surface area contributed by atoms with E-state index in [2.05, 4.69) is 15.3 Å². The van der Waals surface area contributed by atoms with Crippen LogP contribution in [0.2, 0.25) is 0 Å². The van der Waals surface area contributed by atoms with Crippen LogP contribution in [0.4, 0.5) is 5.82 Å². The Morgan fingerprint density at radius 2 is 2.00 bits per heavy atom. The summed E-state index contributed by atoms with van der Waals surface area (Å²) in [5.74, 6) is 2.74. The van der Waals surface area contributed by atoms with Gasteiger partial charge in [-0.1, -0.05) is 25.1 Å². The second kappa shape index (κ2) is 7.59. The molecule has 1 aromatic heterocycles. The van der Waals surface area contributed by atoms with E-state index in [4.69, 9.17) is 9.84 Å². The first kappa shape index (κ1) is 15.3. The Bertz CT molecular complexity index is 587. The van der Waals surface area contributed by atoms with Crippen molar-refractivity contribution in [2.24, 2.45) is 0 Å². The molecule has 2 aromatic rings. The summed E-state index contributed by atoms with van der Waals surface area (Å²) in [7, 11) is 0. The maximum Gasteiger partial charge on any atom is 0.224 e. The largest absolute Gasteiger partial charge is 0.439 e. The fraction of sp³-hybridized carbons (Fsp3) is 0.375. The Morgan fingerprint density at radius 3 is 2.71 bits per heavy atom. The highest BCUT2D eigenvalue weighted by atomic mass is 16.5. The normalized spacial score (nSPS) is 10.4. The number of rotatable bonds is 7. The number of nitrogens with one attached hydrogen (secondary N) is 1. The van der Waals surface area contributed by atoms with Crippen LogP contribution in [0.5, 0.6) is 11.6 Å². The summed E-state index contributed by atoms with van der Waals surface area (Å²) in [6, 6.07) is 9.45. The first-order valence-corrected chi connectivity index (χ1v) is 7.25. The number of ether oxygens (including phenoxy) is 1. The third-order valence-electron chi connectivity index (χ3n) is 2.99. The van der Waals surface area contributed by atoms with Crippen molar-refractivity contribution in [1.29, 1.82) is 0 Å². The lowest BCUT2D eigenvalue weighted by molar-refractivity contribution is 0.297. The number of hydrogen-bond acceptors (Lipinski definition) is 5. The Labute approximate surface area is 125 Å². The lowest BCUT2D eigenvalue weighted by atomic mass is 10.1. The van der Waals surface area contributed by atoms with Gasteiger partial charge in [-0.05, 0) is 25.0 Å². The molecule has 1 aromatic carbocycles. The minimum Gasteiger partial charge on any atom is -0.439 e. The Balaban J connectivity index is 2.28. The zero-order valence-electron chi connectivity index (χ0n) is 12.5. The van der Waals surface area contributed by atoms with Crippen LogP contribution in [-0.2, 0) is 12.8 Å². The predicted octanol–water partition coefficient (Wildman–Crippen LogP) is 2.80. The predicted molar refractivity (Wildman–Crippen MR) is 82.9 cm³/mol. The fourth-order valence-electron chi connectivity index (χ4n) is 2.00. The minimum atomic E-state index is 0.0903. The average Bonchev–Trinajstić information content (AvgIpc) is 2.49. The van der Waals surface area contributed by atoms with Crippen LogP contribution >= 0.6 is 0 Å². The van der Waals surface area contributed by atoms with E-state index in [-0.39, 0.29) is 6.61 Å². The third-order valence-corrected chi connectivity index (χ3v) is 2.99. The van der Waals surface area contributed by atoms with E-state index in [1.54, 1.807) is 6.07 Å². The highest BCUT2D eigenvalue weighted by Crippen LogP contribution is 2.25. The molecule has 0 amide bonds. The molecule has 0 atom stereocenters. The highest BCUT2D eigenvalue weighted by molar-refractivity contribution is 5.42. The fourth-order valence-corrected chi connectivity index (χ4v) is 2.00. The summed E-state index contributed by atoms with van der Waals surface area (Å²) in [6.07, 6.45) is 1.30. The van der Waals surface area contributed by atoms with Gasteiger partial charge in [-0.15, -0.1) is 0 Å². The van der Waals surface area contributed by atoms with Crippen molar-refractivity contribution in [2.45, 2.75) is 26.7 Å². The molecule has 0 radical (unpaired) electrons. The molecule has 0 aliphatic carbocycles. The van der Waals surface area contributed by atoms with Crippen molar-refractivity contribution in [3.63, 3.8) is 0 Å². The summed E-state index contributed by atoms with van der Waals surface area (Å²) < 4.78 is 5.89. The lowest BCUT2D eigenvalue weighted by Crippen LogP contribution is -2.04. The first-order valence-electron chi connectivity index (χ1n) is 7.25. The van der Waals surface area contributed by atoms with Crippen LogP contribution in [0, 0.1) is 0 Å². The number of benzene rings is 1. The zero-order chi connectivity index (χ0) is 15.1. The van der Waals surface area contributed by atoms with E-state index in [1.807, 2.05) is 38.1 Å². The molecule has 2 N–H and O–H groups in total. The second-order valence-corrected chi connectivity index (χ2v) is 4.57. The summed E-state index contributed by atoms with van der Waals surface area (Å²) in [4.78, 5) is 8.79. The molecule has 0 aliphatic rings. The van der Waals surface area contributed by atoms with Gasteiger partial charge in [-0.3, -0.25) is 0 Å². The van der Waals surface area contributed by atoms with Gasteiger partial charge in [0.25, 0.3) is 0 Å². The van der Waals surface area contributed by atoms with Crippen molar-refractivity contribution in [3.8, 4) is 11.6 Å². The Kier molecular flexibility index (Phi) is 5.51. The smallest absolute Gasteiger partial charge is 0.224 e. The van der Waals surface area contributed by atoms with Gasteiger partial charge < -0.3 is 15.2 Å². The van der Waals surface area contributed by atoms with Crippen LogP contribution in [-0.4, -0.2) is 28.2 Å². The molecule has 0 saturated heterocycles. The first-order chi connectivity index (χ1) is 10.3. The van der Waals surface area contributed by atoms with Crippen LogP contribution < -0.4 is 10.1 Å². The topological polar surface area (TPSA) is 67.3 Å². The van der Waals surface area contributed by atoms with Gasteiger partial charge in [0.1, 0.15) is 17.4 Å². The number of aryl methyl sites for hydroxylation is 1. The van der Waals surface area contributed by atoms with Gasteiger partial charge in [0, 0.05) is 25.6 Å². The third kappa shape index (κ3) is 4.16. The molecule has 1 heterocycles. The van der Waals surface area contributed by atoms with Crippen LogP contribution in [0.1, 0.15) is 25.2 Å². The Hall–Kier alpha value is -2.14. The van der Waals surface area contributed by atoms with Crippen LogP contribution in [0.3, 0.4) is 0 Å². The van der Waals surface area contributed by atoms with Crippen LogP contribution in [0.15, 0.2) is 30.3 Å². The molecule has 0 spiro atoms. The molecule has 2 rings (SSSR count). The molecule has 112 valence electrons. The minimum absolute atomic E-state index is 0.0903. The number of anilines is 1. The van der Waals surface area contributed by atoms with Crippen molar-refractivity contribution >= 4 is 5.82 Å². The molecule has 0 bridgehead atoms. The van der Waals surface area contributed by atoms with Gasteiger partial charge in [-0.25, -0.2) is 4.98 Å². The van der Waals surface area contributed by atoms with E-state index in [1.165, 1.54) is 0 Å². The summed E-state index contributed by atoms with van der Waals surface area (Å²) in [5, 5.41) is 12.3. The van der Waals surface area contributed by atoms with Crippen molar-refractivity contribution in [3.05, 3.63) is 41.7 Å². The SMILES string of the molecule is CCNc1cc(Oc2ccccc2CCO)nc(CC)n1. The maximum atomic E-state index is 9.12. The number of aromatic nitrogens is 2. The van der Waals surface area contributed by atoms with Gasteiger partial charge in [-0.2, -0.15) is 4.98 Å². The van der Waals surface area contributed by atoms with Crippen molar-refractivity contribution in [2.75, 3.05) is 18.5 Å². The molecule has 5 heteroatoms. The lowest BCUT2D eigenvalue weighted by Gasteiger charge is -2.12. The number of aliphatic hydroxyl groups is 1. The number of nitrogens with zero attached hydrogens (tertiary/aromatic N) is 2. The second-order valence-electron chi connectivity index (χ2n) is 4.57. The molecule has 5 nitrogen and oxygen atoms in total. The van der Waals surface area contributed by atoms with E-state index in [0.29, 0.717) is 12.3 Å². The average molecular weight is 287 g/mol. The Morgan fingerprint density at radius 1 is 1.19 bits per heavy atom. The van der Waals surface area contributed by atoms with Crippen molar-refractivity contribution in [1.82, 2.24) is 9.97 Å². The standard InChI is InChI=1S/C16H21N3O2/c1-3-14-18-15(17-4-2)11-16(19-14)21-13-8-6-5-7-12(13)9-10-20/h5-8,11,20H,3-4,9-10H2,1-2H3,(H,17,18,19). The molecule has 0 saturated carbocycles. The monoisotopic (exact) mass is 287 g/mol. The summed E-state index contributed by atoms with van der Waals surface area (Å²) in [6.45, 7) is 4.91. The molecule has 21 heavy (non-hydrogen) atoms. The maximum absolute atomic E-state index is 9.12. The van der Waals surface area contributed by atoms with Crippen LogP contribution in [0.25, 0.3) is 0 Å². The molecular formula is C16H21N3O2. The number of hydrogen-bond donors (Lipinski definition) is 2. The van der Waals surface area contributed by atoms with E-state index < -0.39 is 0 Å². The summed E-state index contributed by atoms with van der Waals surface area (Å²) in [5.41, 5.74) is 0.960. The van der Waals surface area contributed by atoms with Gasteiger partial charge in [0.15, 0.2) is 0 Å². The van der Waals surface area contributed by atoms with E-state index in [0.717, 1.165) is 35.9 Å². The van der Waals surface area contributed by atoms with E-state index in [9.17, 15) is 0 Å². The van der Waals surface area contributed by atoms with Gasteiger partial charge in [0.2, 0.25) is 5.88 Å². The van der Waals surface area contributed by atoms with E-state index >= 15 is 0 Å². The quantitative estimate of drug-likeness (QED) is 0.819. The number of para-hydroxylation sites is 1.